The summed E-state index contributed by atoms with van der Waals surface area (Å²) >= 11 is 0. The summed E-state index contributed by atoms with van der Waals surface area (Å²) in [5, 5.41) is 9.21. The predicted molar refractivity (Wildman–Crippen MR) is 109 cm³/mol. The summed E-state index contributed by atoms with van der Waals surface area (Å²) in [7, 11) is -3.29. The smallest absolute Gasteiger partial charge is 0.341 e. The normalized spacial score (nSPS) is 12.5. The van der Waals surface area contributed by atoms with Crippen LogP contribution in [-0.4, -0.2) is 31.9 Å². The Hall–Kier alpha value is -3.58. The van der Waals surface area contributed by atoms with Crippen LogP contribution in [0.1, 0.15) is 24.5 Å². The molecule has 1 aliphatic heterocycles. The summed E-state index contributed by atoms with van der Waals surface area (Å²) in [6.07, 6.45) is -0.266. The molecule has 0 saturated heterocycles. The van der Waals surface area contributed by atoms with E-state index in [1.54, 1.807) is 24.3 Å². The van der Waals surface area contributed by atoms with Gasteiger partial charge in [-0.25, -0.2) is 18.6 Å². The molecule has 0 aromatic heterocycles. The second-order valence-corrected chi connectivity index (χ2v) is 9.03. The van der Waals surface area contributed by atoms with Crippen LogP contribution in [0.3, 0.4) is 0 Å². The van der Waals surface area contributed by atoms with Crippen molar-refractivity contribution in [2.24, 2.45) is 0 Å². The molecule has 0 spiro atoms. The lowest BCUT2D eigenvalue weighted by atomic mass is 10.1. The van der Waals surface area contributed by atoms with Crippen LogP contribution in [0.15, 0.2) is 42.5 Å². The van der Waals surface area contributed by atoms with Crippen molar-refractivity contribution in [3.05, 3.63) is 53.6 Å². The van der Waals surface area contributed by atoms with E-state index in [1.165, 1.54) is 17.9 Å². The van der Waals surface area contributed by atoms with Gasteiger partial charge in [-0.2, -0.15) is 5.26 Å². The number of para-hydroxylation sites is 1. The van der Waals surface area contributed by atoms with Gasteiger partial charge in [0.1, 0.15) is 5.75 Å². The molecule has 0 atom stereocenters. The molecule has 156 valence electrons. The van der Waals surface area contributed by atoms with E-state index in [1.807, 2.05) is 18.2 Å². The van der Waals surface area contributed by atoms with E-state index < -0.39 is 21.8 Å². The average Bonchev–Trinajstić information content (AvgIpc) is 2.92. The Morgan fingerprint density at radius 1 is 1.17 bits per heavy atom. The summed E-state index contributed by atoms with van der Waals surface area (Å²) in [5.41, 5.74) is 5.97. The maximum absolute atomic E-state index is 12.8. The molecule has 30 heavy (non-hydrogen) atoms. The number of benzene rings is 2. The van der Waals surface area contributed by atoms with Crippen molar-refractivity contribution in [2.45, 2.75) is 19.9 Å². The number of fused-ring (bicyclic) bond motifs is 2. The van der Waals surface area contributed by atoms with E-state index in [9.17, 15) is 23.3 Å². The summed E-state index contributed by atoms with van der Waals surface area (Å²) in [6, 6.07) is 13.3. The van der Waals surface area contributed by atoms with Crippen LogP contribution < -0.4 is 20.5 Å². The molecular formula is C20H20N4O5S. The van der Waals surface area contributed by atoms with E-state index in [-0.39, 0.29) is 24.5 Å². The first-order valence-electron chi connectivity index (χ1n) is 9.19. The van der Waals surface area contributed by atoms with Crippen molar-refractivity contribution < 1.29 is 22.7 Å². The largest absolute Gasteiger partial charge is 0.455 e. The van der Waals surface area contributed by atoms with E-state index in [2.05, 4.69) is 10.9 Å². The van der Waals surface area contributed by atoms with Crippen LogP contribution in [-0.2, 0) is 21.2 Å². The number of anilines is 1. The maximum Gasteiger partial charge on any atom is 0.341 e. The van der Waals surface area contributed by atoms with Gasteiger partial charge in [0.2, 0.25) is 5.91 Å². The number of hydrogen-bond acceptors (Lipinski definition) is 6. The first-order valence-corrected chi connectivity index (χ1v) is 11.0. The van der Waals surface area contributed by atoms with Crippen LogP contribution in [0, 0.1) is 11.3 Å². The summed E-state index contributed by atoms with van der Waals surface area (Å²) in [4.78, 5) is 26.1. The van der Waals surface area contributed by atoms with E-state index >= 15 is 0 Å². The fourth-order valence-electron chi connectivity index (χ4n) is 2.82. The zero-order chi connectivity index (χ0) is 21.7. The minimum atomic E-state index is -3.29. The molecule has 9 nitrogen and oxygen atoms in total. The van der Waals surface area contributed by atoms with Gasteiger partial charge in [0.15, 0.2) is 15.6 Å². The number of carbonyl (C=O) groups excluding carboxylic acids is 2. The number of carbonyl (C=O) groups is 2. The lowest BCUT2D eigenvalue weighted by Gasteiger charge is -2.22. The van der Waals surface area contributed by atoms with Crippen molar-refractivity contribution in [1.29, 1.82) is 5.26 Å². The maximum atomic E-state index is 12.8. The Labute approximate surface area is 174 Å². The quantitative estimate of drug-likeness (QED) is 0.719. The number of nitrogens with one attached hydrogen (secondary N) is 2. The highest BCUT2D eigenvalue weighted by Crippen LogP contribution is 2.39. The first kappa shape index (κ1) is 21.1. The molecule has 2 aromatic rings. The molecule has 2 aromatic carbocycles. The highest BCUT2D eigenvalue weighted by molar-refractivity contribution is 7.91. The lowest BCUT2D eigenvalue weighted by molar-refractivity contribution is -0.121. The molecule has 0 aliphatic carbocycles. The van der Waals surface area contributed by atoms with Crippen LogP contribution >= 0.6 is 0 Å². The van der Waals surface area contributed by atoms with Gasteiger partial charge in [-0.1, -0.05) is 25.1 Å². The van der Waals surface area contributed by atoms with Gasteiger partial charge in [-0.3, -0.25) is 15.1 Å². The summed E-state index contributed by atoms with van der Waals surface area (Å²) < 4.78 is 29.0. The molecule has 1 heterocycles. The van der Waals surface area contributed by atoms with Crippen molar-refractivity contribution in [2.75, 3.05) is 16.4 Å². The summed E-state index contributed by atoms with van der Waals surface area (Å²) in [5.74, 6) is -0.0256. The topological polar surface area (TPSA) is 129 Å². The third-order valence-corrected chi connectivity index (χ3v) is 6.24. The Kier molecular flexibility index (Phi) is 6.23. The van der Waals surface area contributed by atoms with Gasteiger partial charge in [0, 0.05) is 17.7 Å². The number of urea groups is 1. The van der Waals surface area contributed by atoms with Gasteiger partial charge in [0.05, 0.1) is 29.6 Å². The molecule has 1 aliphatic rings. The molecule has 0 saturated carbocycles. The van der Waals surface area contributed by atoms with Crippen molar-refractivity contribution in [3.63, 3.8) is 0 Å². The van der Waals surface area contributed by atoms with Crippen molar-refractivity contribution in [3.8, 4) is 17.6 Å². The number of nitriles is 1. The van der Waals surface area contributed by atoms with Crippen LogP contribution in [0.5, 0.6) is 11.5 Å². The second-order valence-electron chi connectivity index (χ2n) is 6.55. The molecule has 3 rings (SSSR count). The van der Waals surface area contributed by atoms with Gasteiger partial charge in [0.25, 0.3) is 0 Å². The van der Waals surface area contributed by atoms with Gasteiger partial charge in [-0.15, -0.1) is 0 Å². The number of rotatable bonds is 4. The van der Waals surface area contributed by atoms with Gasteiger partial charge in [-0.05, 0) is 24.3 Å². The van der Waals surface area contributed by atoms with Crippen molar-refractivity contribution in [1.82, 2.24) is 10.9 Å². The van der Waals surface area contributed by atoms with Crippen LogP contribution in [0.4, 0.5) is 10.5 Å². The van der Waals surface area contributed by atoms with E-state index in [4.69, 9.17) is 4.74 Å². The average molecular weight is 428 g/mol. The Balaban J connectivity index is 1.79. The Morgan fingerprint density at radius 3 is 2.67 bits per heavy atom. The number of nitrogens with zero attached hydrogens (tertiary/aromatic N) is 2. The Morgan fingerprint density at radius 2 is 1.93 bits per heavy atom. The Bertz CT molecular complexity index is 1120. The third kappa shape index (κ3) is 4.87. The molecule has 0 radical (unpaired) electrons. The lowest BCUT2D eigenvalue weighted by Crippen LogP contribution is -2.49. The first-order chi connectivity index (χ1) is 14.3. The number of hydrogen-bond donors (Lipinski definition) is 2. The molecule has 10 heteroatoms. The predicted octanol–water partition coefficient (Wildman–Crippen LogP) is 2.24. The SMILES string of the molecule is CCS(=O)(=O)CCC(=O)NNC(=O)N1Cc2ccccc2Oc2ccc(C#N)cc21. The zero-order valence-corrected chi connectivity index (χ0v) is 17.0. The monoisotopic (exact) mass is 428 g/mol. The number of sulfone groups is 1. The standard InChI is InChI=1S/C20H20N4O5S/c1-2-30(27,28)10-9-19(25)22-23-20(26)24-13-15-5-3-4-6-17(15)29-18-8-7-14(12-21)11-16(18)24/h3-8,11H,2,9-10,13H2,1H3,(H,22,25)(H,23,26). The van der Waals surface area contributed by atoms with Crippen LogP contribution in [0.25, 0.3) is 0 Å². The highest BCUT2D eigenvalue weighted by atomic mass is 32.2. The van der Waals surface area contributed by atoms with Gasteiger partial charge >= 0.3 is 6.03 Å². The zero-order valence-electron chi connectivity index (χ0n) is 16.2. The molecule has 0 fully saturated rings. The number of ether oxygens (including phenoxy) is 1. The minimum Gasteiger partial charge on any atom is -0.455 e. The third-order valence-electron chi connectivity index (χ3n) is 4.53. The molecule has 3 amide bonds. The van der Waals surface area contributed by atoms with Gasteiger partial charge < -0.3 is 4.74 Å². The van der Waals surface area contributed by atoms with E-state index in [0.29, 0.717) is 22.7 Å². The molecular weight excluding hydrogens is 408 g/mol. The minimum absolute atomic E-state index is 0.0577. The fraction of sp³-hybridized carbons (Fsp3) is 0.250. The second kappa shape index (κ2) is 8.84. The number of amides is 3. The van der Waals surface area contributed by atoms with Crippen LogP contribution in [0.2, 0.25) is 0 Å². The molecule has 0 unspecified atom stereocenters. The molecule has 2 N–H and O–H groups in total. The van der Waals surface area contributed by atoms with E-state index in [0.717, 1.165) is 5.56 Å². The van der Waals surface area contributed by atoms with Crippen molar-refractivity contribution >= 4 is 27.5 Å². The fourth-order valence-corrected chi connectivity index (χ4v) is 3.60. The number of hydrazine groups is 1. The molecule has 0 bridgehead atoms. The summed E-state index contributed by atoms with van der Waals surface area (Å²) in [6.45, 7) is 1.64. The highest BCUT2D eigenvalue weighted by Gasteiger charge is 2.26.